The van der Waals surface area contributed by atoms with E-state index in [9.17, 15) is 9.59 Å². The van der Waals surface area contributed by atoms with E-state index >= 15 is 0 Å². The highest BCUT2D eigenvalue weighted by atomic mass is 16.5. The Hall–Kier alpha value is -2.98. The summed E-state index contributed by atoms with van der Waals surface area (Å²) in [5.74, 6) is 0.775. The molecule has 4 rings (SSSR count). The van der Waals surface area contributed by atoms with Gasteiger partial charge in [-0.2, -0.15) is 4.98 Å². The molecule has 0 unspecified atom stereocenters. The lowest BCUT2D eigenvalue weighted by molar-refractivity contribution is -0.00295. The third-order valence-corrected chi connectivity index (χ3v) is 5.31. The molecule has 0 saturated carbocycles. The third-order valence-electron chi connectivity index (χ3n) is 5.31. The maximum absolute atomic E-state index is 12.5. The minimum Gasteiger partial charge on any atom is -0.465 e. The number of hydrogen-bond donors (Lipinski definition) is 1. The van der Waals surface area contributed by atoms with Crippen LogP contribution >= 0.6 is 0 Å². The van der Waals surface area contributed by atoms with Crippen LogP contribution in [-0.4, -0.2) is 82.5 Å². The molecule has 1 aromatic heterocycles. The quantitative estimate of drug-likeness (QED) is 0.785. The van der Waals surface area contributed by atoms with Gasteiger partial charge in [-0.3, -0.25) is 4.79 Å². The van der Waals surface area contributed by atoms with Gasteiger partial charge in [-0.15, -0.1) is 0 Å². The van der Waals surface area contributed by atoms with Crippen molar-refractivity contribution in [3.63, 3.8) is 0 Å². The SMILES string of the molecule is O=C(O)N1CCC(OCc2noc(-c3ccc(C(=O)N4CCOCC4)cc3)n2)CC1. The second kappa shape index (κ2) is 9.23. The Morgan fingerprint density at radius 2 is 1.77 bits per heavy atom. The van der Waals surface area contributed by atoms with E-state index in [-0.39, 0.29) is 18.6 Å². The van der Waals surface area contributed by atoms with Gasteiger partial charge in [-0.25, -0.2) is 4.79 Å². The molecule has 10 heteroatoms. The van der Waals surface area contributed by atoms with Gasteiger partial charge in [0.15, 0.2) is 5.82 Å². The highest BCUT2D eigenvalue weighted by molar-refractivity contribution is 5.94. The fourth-order valence-corrected chi connectivity index (χ4v) is 3.54. The molecule has 0 spiro atoms. The van der Waals surface area contributed by atoms with Crippen molar-refractivity contribution in [2.45, 2.75) is 25.6 Å². The third kappa shape index (κ3) is 4.77. The fourth-order valence-electron chi connectivity index (χ4n) is 3.54. The first-order valence-electron chi connectivity index (χ1n) is 9.99. The zero-order valence-corrected chi connectivity index (χ0v) is 16.5. The van der Waals surface area contributed by atoms with Crippen LogP contribution in [0.4, 0.5) is 4.79 Å². The van der Waals surface area contributed by atoms with Gasteiger partial charge in [-0.1, -0.05) is 5.16 Å². The number of piperidine rings is 1. The summed E-state index contributed by atoms with van der Waals surface area (Å²) in [6, 6.07) is 7.08. The van der Waals surface area contributed by atoms with Crippen LogP contribution in [-0.2, 0) is 16.1 Å². The van der Waals surface area contributed by atoms with Crippen LogP contribution in [0.15, 0.2) is 28.8 Å². The smallest absolute Gasteiger partial charge is 0.407 e. The number of carbonyl (C=O) groups excluding carboxylic acids is 1. The van der Waals surface area contributed by atoms with Gasteiger partial charge in [-0.05, 0) is 37.1 Å². The van der Waals surface area contributed by atoms with Crippen molar-refractivity contribution in [3.05, 3.63) is 35.7 Å². The largest absolute Gasteiger partial charge is 0.465 e. The number of ether oxygens (including phenoxy) is 2. The van der Waals surface area contributed by atoms with Crippen molar-refractivity contribution >= 4 is 12.0 Å². The average molecular weight is 416 g/mol. The van der Waals surface area contributed by atoms with Crippen molar-refractivity contribution in [2.75, 3.05) is 39.4 Å². The predicted molar refractivity (Wildman–Crippen MR) is 104 cm³/mol. The lowest BCUT2D eigenvalue weighted by Gasteiger charge is -2.29. The van der Waals surface area contributed by atoms with E-state index in [2.05, 4.69) is 10.1 Å². The fraction of sp³-hybridized carbons (Fsp3) is 0.500. The predicted octanol–water partition coefficient (Wildman–Crippen LogP) is 1.87. The van der Waals surface area contributed by atoms with Crippen LogP contribution in [0.3, 0.4) is 0 Å². The molecule has 160 valence electrons. The number of aromatic nitrogens is 2. The molecule has 2 amide bonds. The number of morpholine rings is 1. The molecular weight excluding hydrogens is 392 g/mol. The Balaban J connectivity index is 1.30. The second-order valence-electron chi connectivity index (χ2n) is 7.28. The van der Waals surface area contributed by atoms with Gasteiger partial charge in [0.2, 0.25) is 0 Å². The van der Waals surface area contributed by atoms with Crippen molar-refractivity contribution in [2.24, 2.45) is 0 Å². The Morgan fingerprint density at radius 3 is 2.43 bits per heavy atom. The summed E-state index contributed by atoms with van der Waals surface area (Å²) in [6.07, 6.45) is 0.382. The molecule has 1 N–H and O–H groups in total. The summed E-state index contributed by atoms with van der Waals surface area (Å²) < 4.78 is 16.4. The minimum absolute atomic E-state index is 0.0154. The van der Waals surface area contributed by atoms with E-state index in [4.69, 9.17) is 19.1 Å². The zero-order valence-electron chi connectivity index (χ0n) is 16.5. The molecule has 2 fully saturated rings. The van der Waals surface area contributed by atoms with Crippen LogP contribution in [0.25, 0.3) is 11.5 Å². The number of rotatable bonds is 5. The van der Waals surface area contributed by atoms with E-state index in [0.717, 1.165) is 5.56 Å². The Morgan fingerprint density at radius 1 is 1.07 bits per heavy atom. The van der Waals surface area contributed by atoms with Gasteiger partial charge < -0.3 is 28.9 Å². The summed E-state index contributed by atoms with van der Waals surface area (Å²) >= 11 is 0. The van der Waals surface area contributed by atoms with E-state index < -0.39 is 6.09 Å². The topological polar surface area (TPSA) is 118 Å². The monoisotopic (exact) mass is 416 g/mol. The lowest BCUT2D eigenvalue weighted by atomic mass is 10.1. The number of carbonyl (C=O) groups is 2. The standard InChI is InChI=1S/C20H24N4O6/c25-19(23-9-11-28-12-10-23)15-3-1-14(2-4-15)18-21-17(22-30-18)13-29-16-5-7-24(8-6-16)20(26)27/h1-4,16H,5-13H2,(H,26,27). The molecule has 30 heavy (non-hydrogen) atoms. The summed E-state index contributed by atoms with van der Waals surface area (Å²) in [4.78, 5) is 31.0. The van der Waals surface area contributed by atoms with Crippen molar-refractivity contribution in [3.8, 4) is 11.5 Å². The van der Waals surface area contributed by atoms with Gasteiger partial charge >= 0.3 is 6.09 Å². The number of carboxylic acid groups (broad SMARTS) is 1. The molecule has 2 saturated heterocycles. The number of benzene rings is 1. The maximum atomic E-state index is 12.5. The van der Waals surface area contributed by atoms with Crippen LogP contribution in [0.1, 0.15) is 29.0 Å². The zero-order chi connectivity index (χ0) is 20.9. The van der Waals surface area contributed by atoms with Gasteiger partial charge in [0.05, 0.1) is 19.3 Å². The average Bonchev–Trinajstić information content (AvgIpc) is 3.27. The van der Waals surface area contributed by atoms with Gasteiger partial charge in [0.25, 0.3) is 11.8 Å². The molecule has 0 bridgehead atoms. The molecule has 2 aromatic rings. The van der Waals surface area contributed by atoms with E-state index in [1.54, 1.807) is 29.2 Å². The van der Waals surface area contributed by atoms with Crippen LogP contribution in [0.5, 0.6) is 0 Å². The van der Waals surface area contributed by atoms with E-state index in [1.807, 2.05) is 0 Å². The second-order valence-corrected chi connectivity index (χ2v) is 7.28. The molecule has 2 aliphatic rings. The highest BCUT2D eigenvalue weighted by Crippen LogP contribution is 2.20. The Labute approximate surface area is 173 Å². The van der Waals surface area contributed by atoms with E-state index in [1.165, 1.54) is 4.90 Å². The normalized spacial score (nSPS) is 17.9. The van der Waals surface area contributed by atoms with Crippen molar-refractivity contribution < 1.29 is 28.7 Å². The molecule has 0 atom stereocenters. The molecule has 0 aliphatic carbocycles. The molecule has 3 heterocycles. The first-order chi connectivity index (χ1) is 14.6. The highest BCUT2D eigenvalue weighted by Gasteiger charge is 2.23. The minimum atomic E-state index is -0.895. The number of hydrogen-bond acceptors (Lipinski definition) is 7. The molecule has 1 aromatic carbocycles. The van der Waals surface area contributed by atoms with Gasteiger partial charge in [0.1, 0.15) is 6.61 Å². The van der Waals surface area contributed by atoms with Crippen molar-refractivity contribution in [1.29, 1.82) is 0 Å². The first kappa shape index (κ1) is 20.3. The van der Waals surface area contributed by atoms with Crippen LogP contribution < -0.4 is 0 Å². The first-order valence-corrected chi connectivity index (χ1v) is 9.99. The number of amides is 2. The summed E-state index contributed by atoms with van der Waals surface area (Å²) in [6.45, 7) is 3.46. The molecular formula is C20H24N4O6. The van der Waals surface area contributed by atoms with Gasteiger partial charge in [0, 0.05) is 37.3 Å². The van der Waals surface area contributed by atoms with Crippen LogP contribution in [0.2, 0.25) is 0 Å². The summed E-state index contributed by atoms with van der Waals surface area (Å²) in [5, 5.41) is 12.9. The molecule has 10 nitrogen and oxygen atoms in total. The summed E-state index contributed by atoms with van der Waals surface area (Å²) in [7, 11) is 0. The van der Waals surface area contributed by atoms with Crippen molar-refractivity contribution in [1.82, 2.24) is 19.9 Å². The van der Waals surface area contributed by atoms with Crippen LogP contribution in [0, 0.1) is 0 Å². The Bertz CT molecular complexity index is 870. The number of nitrogens with zero attached hydrogens (tertiary/aromatic N) is 4. The number of likely N-dealkylation sites (tertiary alicyclic amines) is 1. The molecule has 2 aliphatic heterocycles. The molecule has 0 radical (unpaired) electrons. The Kier molecular flexibility index (Phi) is 6.24. The summed E-state index contributed by atoms with van der Waals surface area (Å²) in [5.41, 5.74) is 1.33. The van der Waals surface area contributed by atoms with E-state index in [0.29, 0.717) is 69.5 Å². The lowest BCUT2D eigenvalue weighted by Crippen LogP contribution is -2.40. The maximum Gasteiger partial charge on any atom is 0.407 e.